The summed E-state index contributed by atoms with van der Waals surface area (Å²) >= 11 is 0. The van der Waals surface area contributed by atoms with Crippen molar-refractivity contribution in [3.05, 3.63) is 36.2 Å². The van der Waals surface area contributed by atoms with Crippen molar-refractivity contribution < 1.29 is 9.52 Å². The second-order valence-electron chi connectivity index (χ2n) is 5.44. The zero-order valence-corrected chi connectivity index (χ0v) is 11.4. The Morgan fingerprint density at radius 2 is 2.00 bits per heavy atom. The Kier molecular flexibility index (Phi) is 3.80. The van der Waals surface area contributed by atoms with Crippen molar-refractivity contribution >= 4 is 0 Å². The molecular formula is C15H19N3O2. The lowest BCUT2D eigenvalue weighted by Gasteiger charge is -2.13. The number of nitrogens with one attached hydrogen (secondary N) is 1. The van der Waals surface area contributed by atoms with Gasteiger partial charge < -0.3 is 14.8 Å². The first kappa shape index (κ1) is 13.3. The van der Waals surface area contributed by atoms with Gasteiger partial charge in [-0.3, -0.25) is 0 Å². The van der Waals surface area contributed by atoms with E-state index in [1.165, 1.54) is 12.8 Å². The molecule has 1 saturated carbocycles. The summed E-state index contributed by atoms with van der Waals surface area (Å²) in [7, 11) is 0. The van der Waals surface area contributed by atoms with Crippen molar-refractivity contribution in [1.29, 1.82) is 0 Å². The number of aliphatic hydroxyl groups is 1. The van der Waals surface area contributed by atoms with Crippen molar-refractivity contribution in [3.8, 4) is 11.5 Å². The van der Waals surface area contributed by atoms with Gasteiger partial charge in [-0.25, -0.2) is 0 Å². The summed E-state index contributed by atoms with van der Waals surface area (Å²) in [4.78, 5) is 0. The molecule has 0 saturated heterocycles. The summed E-state index contributed by atoms with van der Waals surface area (Å²) in [6, 6.07) is 9.75. The molecule has 20 heavy (non-hydrogen) atoms. The predicted molar refractivity (Wildman–Crippen MR) is 74.8 cm³/mol. The first-order chi connectivity index (χ1) is 9.81. The third-order valence-electron chi connectivity index (χ3n) is 3.86. The molecule has 5 heteroatoms. The first-order valence-corrected chi connectivity index (χ1v) is 7.01. The zero-order chi connectivity index (χ0) is 13.8. The number of aliphatic hydroxyl groups excluding tert-OH is 1. The number of benzene rings is 1. The molecule has 0 spiro atoms. The molecule has 3 rings (SSSR count). The molecule has 2 N–H and O–H groups in total. The van der Waals surface area contributed by atoms with Crippen molar-refractivity contribution in [3.63, 3.8) is 0 Å². The summed E-state index contributed by atoms with van der Waals surface area (Å²) in [5.41, 5.74) is 1.24. The molecule has 0 radical (unpaired) electrons. The van der Waals surface area contributed by atoms with Gasteiger partial charge in [-0.2, -0.15) is 0 Å². The Labute approximate surface area is 118 Å². The SMILES string of the molecule is OCCC1(CNCc2nnc(-c3ccccc3)o2)CC1. The van der Waals surface area contributed by atoms with E-state index in [1.807, 2.05) is 30.3 Å². The highest BCUT2D eigenvalue weighted by Crippen LogP contribution is 2.47. The van der Waals surface area contributed by atoms with Crippen molar-refractivity contribution in [1.82, 2.24) is 15.5 Å². The van der Waals surface area contributed by atoms with Gasteiger partial charge in [-0.05, 0) is 36.8 Å². The van der Waals surface area contributed by atoms with Crippen LogP contribution in [0.5, 0.6) is 0 Å². The average Bonchev–Trinajstić information content (AvgIpc) is 3.07. The van der Waals surface area contributed by atoms with Gasteiger partial charge in [-0.15, -0.1) is 10.2 Å². The molecule has 1 heterocycles. The van der Waals surface area contributed by atoms with Crippen LogP contribution in [0.3, 0.4) is 0 Å². The molecule has 1 aliphatic rings. The van der Waals surface area contributed by atoms with Crippen LogP contribution in [0.2, 0.25) is 0 Å². The highest BCUT2D eigenvalue weighted by Gasteiger charge is 2.41. The van der Waals surface area contributed by atoms with Crippen LogP contribution < -0.4 is 5.32 Å². The van der Waals surface area contributed by atoms with E-state index >= 15 is 0 Å². The fraction of sp³-hybridized carbons (Fsp3) is 0.467. The molecule has 1 aromatic heterocycles. The molecule has 1 fully saturated rings. The van der Waals surface area contributed by atoms with Crippen LogP contribution in [0.15, 0.2) is 34.7 Å². The summed E-state index contributed by atoms with van der Waals surface area (Å²) in [6.07, 6.45) is 3.26. The van der Waals surface area contributed by atoms with Crippen LogP contribution in [0.1, 0.15) is 25.2 Å². The molecule has 0 atom stereocenters. The number of nitrogens with zero attached hydrogens (tertiary/aromatic N) is 2. The van der Waals surface area contributed by atoms with Crippen LogP contribution in [-0.2, 0) is 6.54 Å². The van der Waals surface area contributed by atoms with Crippen LogP contribution in [0.4, 0.5) is 0 Å². The zero-order valence-electron chi connectivity index (χ0n) is 11.4. The second-order valence-corrected chi connectivity index (χ2v) is 5.44. The van der Waals surface area contributed by atoms with Gasteiger partial charge in [0.15, 0.2) is 0 Å². The average molecular weight is 273 g/mol. The van der Waals surface area contributed by atoms with E-state index in [2.05, 4.69) is 15.5 Å². The molecule has 1 aromatic carbocycles. The minimum Gasteiger partial charge on any atom is -0.419 e. The van der Waals surface area contributed by atoms with Gasteiger partial charge in [0.25, 0.3) is 0 Å². The van der Waals surface area contributed by atoms with E-state index < -0.39 is 0 Å². The Hall–Kier alpha value is -1.72. The van der Waals surface area contributed by atoms with Gasteiger partial charge in [0.05, 0.1) is 6.54 Å². The van der Waals surface area contributed by atoms with E-state index in [1.54, 1.807) is 0 Å². The fourth-order valence-corrected chi connectivity index (χ4v) is 2.39. The Morgan fingerprint density at radius 3 is 2.70 bits per heavy atom. The third-order valence-corrected chi connectivity index (χ3v) is 3.86. The first-order valence-electron chi connectivity index (χ1n) is 7.01. The monoisotopic (exact) mass is 273 g/mol. The lowest BCUT2D eigenvalue weighted by Crippen LogP contribution is -2.24. The quantitative estimate of drug-likeness (QED) is 0.807. The van der Waals surface area contributed by atoms with Crippen molar-refractivity contribution in [2.45, 2.75) is 25.8 Å². The molecule has 0 unspecified atom stereocenters. The van der Waals surface area contributed by atoms with Crippen LogP contribution in [0, 0.1) is 5.41 Å². The third kappa shape index (κ3) is 3.05. The normalized spacial score (nSPS) is 16.2. The van der Waals surface area contributed by atoms with Crippen LogP contribution in [-0.4, -0.2) is 28.5 Å². The van der Waals surface area contributed by atoms with E-state index in [0.717, 1.165) is 18.5 Å². The smallest absolute Gasteiger partial charge is 0.247 e. The maximum Gasteiger partial charge on any atom is 0.247 e. The minimum absolute atomic E-state index is 0.264. The Morgan fingerprint density at radius 1 is 1.20 bits per heavy atom. The summed E-state index contributed by atoms with van der Waals surface area (Å²) < 4.78 is 5.63. The maximum atomic E-state index is 9.02. The summed E-state index contributed by atoms with van der Waals surface area (Å²) in [6.45, 7) is 1.74. The number of hydrogen-bond donors (Lipinski definition) is 2. The van der Waals surface area contributed by atoms with E-state index in [4.69, 9.17) is 9.52 Å². The van der Waals surface area contributed by atoms with Crippen molar-refractivity contribution in [2.24, 2.45) is 5.41 Å². The largest absolute Gasteiger partial charge is 0.419 e. The molecule has 0 aliphatic heterocycles. The Bertz CT molecular complexity index is 549. The predicted octanol–water partition coefficient (Wildman–Crippen LogP) is 1.99. The summed E-state index contributed by atoms with van der Waals surface area (Å²) in [5.74, 6) is 1.16. The molecule has 2 aromatic rings. The minimum atomic E-state index is 0.264. The lowest BCUT2D eigenvalue weighted by molar-refractivity contribution is 0.244. The molecule has 0 amide bonds. The van der Waals surface area contributed by atoms with Crippen LogP contribution >= 0.6 is 0 Å². The second kappa shape index (κ2) is 5.73. The fourth-order valence-electron chi connectivity index (χ4n) is 2.39. The highest BCUT2D eigenvalue weighted by molar-refractivity contribution is 5.51. The Balaban J connectivity index is 1.53. The molecule has 0 bridgehead atoms. The number of hydrogen-bond acceptors (Lipinski definition) is 5. The number of aromatic nitrogens is 2. The lowest BCUT2D eigenvalue weighted by atomic mass is 10.0. The maximum absolute atomic E-state index is 9.02. The van der Waals surface area contributed by atoms with Crippen LogP contribution in [0.25, 0.3) is 11.5 Å². The van der Waals surface area contributed by atoms with Gasteiger partial charge in [0.1, 0.15) is 0 Å². The molecule has 106 valence electrons. The topological polar surface area (TPSA) is 71.2 Å². The van der Waals surface area contributed by atoms with E-state index in [9.17, 15) is 0 Å². The van der Waals surface area contributed by atoms with Gasteiger partial charge in [0, 0.05) is 18.7 Å². The number of rotatable bonds is 7. The molecular weight excluding hydrogens is 254 g/mol. The van der Waals surface area contributed by atoms with E-state index in [-0.39, 0.29) is 6.61 Å². The molecule has 5 nitrogen and oxygen atoms in total. The molecule has 1 aliphatic carbocycles. The standard InChI is InChI=1S/C15H19N3O2/c19-9-8-15(6-7-15)11-16-10-13-17-18-14(20-13)12-4-2-1-3-5-12/h1-5,16,19H,6-11H2. The highest BCUT2D eigenvalue weighted by atomic mass is 16.4. The summed E-state index contributed by atoms with van der Waals surface area (Å²) in [5, 5.41) is 20.5. The van der Waals surface area contributed by atoms with Crippen molar-refractivity contribution in [2.75, 3.05) is 13.2 Å². The van der Waals surface area contributed by atoms with Gasteiger partial charge in [0.2, 0.25) is 11.8 Å². The van der Waals surface area contributed by atoms with Gasteiger partial charge >= 0.3 is 0 Å². The van der Waals surface area contributed by atoms with E-state index in [0.29, 0.717) is 23.7 Å². The van der Waals surface area contributed by atoms with Gasteiger partial charge in [-0.1, -0.05) is 18.2 Å².